The number of ether oxygens (including phenoxy) is 2. The third-order valence-electron chi connectivity index (χ3n) is 6.81. The van der Waals surface area contributed by atoms with Crippen LogP contribution in [0.5, 0.6) is 11.5 Å². The number of halogens is 4. The van der Waals surface area contributed by atoms with Crippen LogP contribution in [0.4, 0.5) is 23.2 Å². The van der Waals surface area contributed by atoms with E-state index in [1.165, 1.54) is 12.1 Å². The summed E-state index contributed by atoms with van der Waals surface area (Å²) in [6.07, 6.45) is -4.68. The van der Waals surface area contributed by atoms with Crippen LogP contribution in [-0.4, -0.2) is 25.8 Å². The highest BCUT2D eigenvalue weighted by Crippen LogP contribution is 2.53. The first-order valence-corrected chi connectivity index (χ1v) is 10.9. The fourth-order valence-electron chi connectivity index (χ4n) is 5.24. The number of furan rings is 1. The normalized spacial score (nSPS) is 22.6. The summed E-state index contributed by atoms with van der Waals surface area (Å²) < 4.78 is 70.3. The van der Waals surface area contributed by atoms with Gasteiger partial charge in [-0.1, -0.05) is 12.1 Å². The van der Waals surface area contributed by atoms with E-state index in [0.29, 0.717) is 28.2 Å². The predicted octanol–water partition coefficient (Wildman–Crippen LogP) is 3.60. The molecule has 35 heavy (non-hydrogen) atoms. The molecule has 0 radical (unpaired) electrons. The van der Waals surface area contributed by atoms with Crippen molar-refractivity contribution in [1.29, 1.82) is 0 Å². The molecule has 0 saturated heterocycles. The summed E-state index contributed by atoms with van der Waals surface area (Å²) in [5.74, 6) is -1.51. The Kier molecular flexibility index (Phi) is 4.68. The number of anilines is 1. The Balaban J connectivity index is 1.51. The lowest BCUT2D eigenvalue weighted by atomic mass is 9.69. The molecule has 4 heterocycles. The highest BCUT2D eigenvalue weighted by Gasteiger charge is 2.56. The molecule has 3 aliphatic heterocycles. The van der Waals surface area contributed by atoms with Crippen molar-refractivity contribution in [2.75, 3.05) is 24.8 Å². The van der Waals surface area contributed by atoms with E-state index in [9.17, 15) is 18.0 Å². The van der Waals surface area contributed by atoms with Crippen molar-refractivity contribution in [3.8, 4) is 11.5 Å². The van der Waals surface area contributed by atoms with E-state index in [-0.39, 0.29) is 43.9 Å². The molecule has 1 aromatic heterocycles. The van der Waals surface area contributed by atoms with Gasteiger partial charge in [0.05, 0.1) is 12.2 Å². The fourth-order valence-corrected chi connectivity index (χ4v) is 5.24. The largest absolute Gasteiger partial charge is 0.455 e. The molecule has 3 aromatic rings. The first kappa shape index (κ1) is 21.9. The van der Waals surface area contributed by atoms with Crippen LogP contribution in [0, 0.1) is 5.82 Å². The molecular formula is C24H19F4N3O4. The Hall–Kier alpha value is -3.57. The first-order chi connectivity index (χ1) is 16.7. The average molecular weight is 489 g/mol. The molecule has 2 aromatic carbocycles. The summed E-state index contributed by atoms with van der Waals surface area (Å²) in [7, 11) is 0. The summed E-state index contributed by atoms with van der Waals surface area (Å²) in [4.78, 5) is 15.3. The Morgan fingerprint density at radius 3 is 2.60 bits per heavy atom. The molecule has 2 unspecified atom stereocenters. The molecule has 7 nitrogen and oxygen atoms in total. The van der Waals surface area contributed by atoms with Crippen molar-refractivity contribution in [3.63, 3.8) is 0 Å². The molecule has 3 N–H and O–H groups in total. The zero-order valence-electron chi connectivity index (χ0n) is 18.1. The van der Waals surface area contributed by atoms with E-state index in [4.69, 9.17) is 19.6 Å². The number of alkyl halides is 3. The van der Waals surface area contributed by atoms with Gasteiger partial charge in [0.2, 0.25) is 18.5 Å². The SMILES string of the molecule is NCC1NCC2(C(=O)N(Cc3ccc(C(F)(F)F)o3)c3c(F)cccc32)c2cc3c(cc21)OCO3. The highest BCUT2D eigenvalue weighted by atomic mass is 19.4. The number of benzene rings is 2. The predicted molar refractivity (Wildman–Crippen MR) is 114 cm³/mol. The van der Waals surface area contributed by atoms with Gasteiger partial charge in [-0.15, -0.1) is 0 Å². The molecule has 182 valence electrons. The van der Waals surface area contributed by atoms with Gasteiger partial charge in [0, 0.05) is 24.7 Å². The minimum Gasteiger partial charge on any atom is -0.455 e. The number of para-hydroxylation sites is 1. The van der Waals surface area contributed by atoms with Crippen LogP contribution in [0.25, 0.3) is 0 Å². The maximum absolute atomic E-state index is 15.2. The zero-order chi connectivity index (χ0) is 24.5. The molecule has 1 spiro atoms. The number of carbonyl (C=O) groups excluding carboxylic acids is 1. The van der Waals surface area contributed by atoms with Crippen molar-refractivity contribution < 1.29 is 36.2 Å². The van der Waals surface area contributed by atoms with Gasteiger partial charge in [0.25, 0.3) is 0 Å². The Bertz CT molecular complexity index is 1360. The molecule has 6 rings (SSSR count). The van der Waals surface area contributed by atoms with Crippen LogP contribution >= 0.6 is 0 Å². The van der Waals surface area contributed by atoms with E-state index in [0.717, 1.165) is 17.0 Å². The molecule has 0 bridgehead atoms. The van der Waals surface area contributed by atoms with Crippen LogP contribution in [0.2, 0.25) is 0 Å². The molecule has 0 aliphatic carbocycles. The third kappa shape index (κ3) is 3.08. The lowest BCUT2D eigenvalue weighted by Crippen LogP contribution is -2.53. The summed E-state index contributed by atoms with van der Waals surface area (Å²) >= 11 is 0. The highest BCUT2D eigenvalue weighted by molar-refractivity contribution is 6.11. The first-order valence-electron chi connectivity index (χ1n) is 10.9. The quantitative estimate of drug-likeness (QED) is 0.547. The van der Waals surface area contributed by atoms with E-state index in [1.54, 1.807) is 18.2 Å². The molecule has 2 atom stereocenters. The maximum Gasteiger partial charge on any atom is 0.449 e. The van der Waals surface area contributed by atoms with Crippen LogP contribution in [0.15, 0.2) is 46.9 Å². The van der Waals surface area contributed by atoms with Gasteiger partial charge >= 0.3 is 6.18 Å². The second kappa shape index (κ2) is 7.46. The van der Waals surface area contributed by atoms with Crippen LogP contribution < -0.4 is 25.4 Å². The summed E-state index contributed by atoms with van der Waals surface area (Å²) in [5.41, 5.74) is 6.33. The van der Waals surface area contributed by atoms with E-state index >= 15 is 4.39 Å². The van der Waals surface area contributed by atoms with Gasteiger partial charge in [-0.3, -0.25) is 4.79 Å². The van der Waals surface area contributed by atoms with Crippen LogP contribution in [0.3, 0.4) is 0 Å². The number of nitrogens with one attached hydrogen (secondary N) is 1. The number of hydrogen-bond acceptors (Lipinski definition) is 6. The zero-order valence-corrected chi connectivity index (χ0v) is 18.1. The van der Waals surface area contributed by atoms with Gasteiger partial charge in [-0.25, -0.2) is 4.39 Å². The number of amides is 1. The number of nitrogens with two attached hydrogens (primary N) is 1. The van der Waals surface area contributed by atoms with Crippen LogP contribution in [0.1, 0.15) is 34.3 Å². The molecule has 3 aliphatic rings. The van der Waals surface area contributed by atoms with Crippen molar-refractivity contribution >= 4 is 11.6 Å². The second-order valence-corrected chi connectivity index (χ2v) is 8.66. The van der Waals surface area contributed by atoms with E-state index in [1.807, 2.05) is 0 Å². The topological polar surface area (TPSA) is 90.0 Å². The number of rotatable bonds is 3. The minimum atomic E-state index is -4.68. The number of hydrogen-bond donors (Lipinski definition) is 2. The Morgan fingerprint density at radius 1 is 1.11 bits per heavy atom. The monoisotopic (exact) mass is 489 g/mol. The molecule has 0 fully saturated rings. The number of carbonyl (C=O) groups is 1. The minimum absolute atomic E-state index is 0.000857. The lowest BCUT2D eigenvalue weighted by Gasteiger charge is -2.39. The van der Waals surface area contributed by atoms with E-state index in [2.05, 4.69) is 5.32 Å². The smallest absolute Gasteiger partial charge is 0.449 e. The summed E-state index contributed by atoms with van der Waals surface area (Å²) in [6.45, 7) is 0.00453. The molecule has 1 amide bonds. The van der Waals surface area contributed by atoms with Crippen molar-refractivity contribution in [1.82, 2.24) is 5.32 Å². The van der Waals surface area contributed by atoms with Crippen LogP contribution in [-0.2, 0) is 22.9 Å². The molecule has 0 saturated carbocycles. The van der Waals surface area contributed by atoms with Gasteiger partial charge in [0.1, 0.15) is 17.0 Å². The number of fused-ring (bicyclic) bond motifs is 5. The Morgan fingerprint density at radius 2 is 1.89 bits per heavy atom. The standard InChI is InChI=1S/C24H19F4N3O4/c25-16-3-1-2-14-21(16)31(9-12-4-5-20(35-12)24(26,27)28)22(32)23(14)10-30-17(8-29)13-6-18-19(7-15(13)23)34-11-33-18/h1-7,17,30H,8-11,29H2. The summed E-state index contributed by atoms with van der Waals surface area (Å²) in [6, 6.07) is 9.48. The molecule has 11 heteroatoms. The summed E-state index contributed by atoms with van der Waals surface area (Å²) in [5, 5.41) is 3.28. The maximum atomic E-state index is 15.2. The van der Waals surface area contributed by atoms with Gasteiger partial charge < -0.3 is 29.8 Å². The van der Waals surface area contributed by atoms with Gasteiger partial charge in [-0.2, -0.15) is 13.2 Å². The van der Waals surface area contributed by atoms with Crippen molar-refractivity contribution in [2.45, 2.75) is 24.2 Å². The van der Waals surface area contributed by atoms with Crippen molar-refractivity contribution in [2.24, 2.45) is 5.73 Å². The number of nitrogens with zero attached hydrogens (tertiary/aromatic N) is 1. The van der Waals surface area contributed by atoms with Gasteiger partial charge in [0.15, 0.2) is 11.5 Å². The average Bonchev–Trinajstić information content (AvgIpc) is 3.53. The lowest BCUT2D eigenvalue weighted by molar-refractivity contribution is -0.153. The fraction of sp³-hybridized carbons (Fsp3) is 0.292. The van der Waals surface area contributed by atoms with Gasteiger partial charge in [-0.05, 0) is 41.5 Å². The Labute approximate surface area is 196 Å². The van der Waals surface area contributed by atoms with Crippen molar-refractivity contribution in [3.05, 3.63) is 76.5 Å². The third-order valence-corrected chi connectivity index (χ3v) is 6.81. The van der Waals surface area contributed by atoms with E-state index < -0.39 is 29.1 Å². The second-order valence-electron chi connectivity index (χ2n) is 8.66. The molecular weight excluding hydrogens is 470 g/mol.